The monoisotopic (exact) mass is 250 g/mol. The van der Waals surface area contributed by atoms with E-state index in [1.807, 2.05) is 16.8 Å². The van der Waals surface area contributed by atoms with Gasteiger partial charge in [-0.3, -0.25) is 4.90 Å². The van der Waals surface area contributed by atoms with Crippen LogP contribution in [-0.4, -0.2) is 41.2 Å². The minimum atomic E-state index is 0.622. The van der Waals surface area contributed by atoms with Crippen molar-refractivity contribution in [2.75, 3.05) is 26.2 Å². The lowest BCUT2D eigenvalue weighted by Gasteiger charge is -2.25. The Morgan fingerprint density at radius 1 is 1.41 bits per heavy atom. The molecule has 1 fully saturated rings. The predicted molar refractivity (Wildman–Crippen MR) is 65.8 cm³/mol. The Kier molecular flexibility index (Phi) is 3.17. The third-order valence-corrected chi connectivity index (χ3v) is 3.49. The highest BCUT2D eigenvalue weighted by molar-refractivity contribution is 7.08. The third-order valence-electron chi connectivity index (χ3n) is 2.81. The van der Waals surface area contributed by atoms with Gasteiger partial charge < -0.3 is 9.84 Å². The van der Waals surface area contributed by atoms with Gasteiger partial charge in [-0.1, -0.05) is 5.16 Å². The fourth-order valence-electron chi connectivity index (χ4n) is 1.89. The summed E-state index contributed by atoms with van der Waals surface area (Å²) in [4.78, 5) is 6.75. The SMILES string of the molecule is c1cc(-c2nc(CN3CCNCC3)no2)cs1. The molecule has 0 unspecified atom stereocenters. The molecular formula is C11H14N4OS. The predicted octanol–water partition coefficient (Wildman–Crippen LogP) is 1.20. The van der Waals surface area contributed by atoms with Crippen molar-refractivity contribution >= 4 is 11.3 Å². The summed E-state index contributed by atoms with van der Waals surface area (Å²) >= 11 is 1.63. The van der Waals surface area contributed by atoms with Crippen molar-refractivity contribution in [1.82, 2.24) is 20.4 Å². The van der Waals surface area contributed by atoms with Gasteiger partial charge >= 0.3 is 0 Å². The second-order valence-corrected chi connectivity index (χ2v) is 4.83. The Balaban J connectivity index is 1.68. The van der Waals surface area contributed by atoms with Gasteiger partial charge in [-0.05, 0) is 11.4 Å². The van der Waals surface area contributed by atoms with Gasteiger partial charge in [0.1, 0.15) is 0 Å². The van der Waals surface area contributed by atoms with Crippen LogP contribution in [0, 0.1) is 0 Å². The number of rotatable bonds is 3. The summed E-state index contributed by atoms with van der Waals surface area (Å²) < 4.78 is 5.25. The Hall–Kier alpha value is -1.24. The lowest BCUT2D eigenvalue weighted by Crippen LogP contribution is -2.43. The van der Waals surface area contributed by atoms with Crippen LogP contribution in [0.25, 0.3) is 11.5 Å². The molecule has 2 aromatic heterocycles. The molecule has 0 saturated carbocycles. The van der Waals surface area contributed by atoms with Gasteiger partial charge in [-0.2, -0.15) is 16.3 Å². The van der Waals surface area contributed by atoms with Crippen LogP contribution < -0.4 is 5.32 Å². The zero-order valence-corrected chi connectivity index (χ0v) is 10.2. The fraction of sp³-hybridized carbons (Fsp3) is 0.455. The average molecular weight is 250 g/mol. The molecule has 2 aromatic rings. The third kappa shape index (κ3) is 2.54. The highest BCUT2D eigenvalue weighted by atomic mass is 32.1. The molecule has 1 aliphatic heterocycles. The quantitative estimate of drug-likeness (QED) is 0.887. The molecule has 17 heavy (non-hydrogen) atoms. The maximum atomic E-state index is 5.25. The molecular weight excluding hydrogens is 236 g/mol. The van der Waals surface area contributed by atoms with E-state index < -0.39 is 0 Å². The number of hydrogen-bond acceptors (Lipinski definition) is 6. The largest absolute Gasteiger partial charge is 0.334 e. The molecule has 90 valence electrons. The highest BCUT2D eigenvalue weighted by Gasteiger charge is 2.14. The number of nitrogens with zero attached hydrogens (tertiary/aromatic N) is 3. The Labute approximate surface area is 103 Å². The van der Waals surface area contributed by atoms with E-state index in [0.29, 0.717) is 5.89 Å². The lowest BCUT2D eigenvalue weighted by atomic mass is 10.3. The number of thiophene rings is 1. The summed E-state index contributed by atoms with van der Waals surface area (Å²) in [6.45, 7) is 4.93. The summed E-state index contributed by atoms with van der Waals surface area (Å²) in [6, 6.07) is 1.99. The maximum absolute atomic E-state index is 5.25. The average Bonchev–Trinajstić information content (AvgIpc) is 3.00. The van der Waals surface area contributed by atoms with Crippen LogP contribution in [-0.2, 0) is 6.54 Å². The first-order valence-electron chi connectivity index (χ1n) is 5.70. The van der Waals surface area contributed by atoms with Crippen LogP contribution in [0.5, 0.6) is 0 Å². The van der Waals surface area contributed by atoms with Crippen LogP contribution >= 0.6 is 11.3 Å². The van der Waals surface area contributed by atoms with Crippen molar-refractivity contribution in [3.63, 3.8) is 0 Å². The number of aromatic nitrogens is 2. The van der Waals surface area contributed by atoms with Crippen molar-refractivity contribution in [3.05, 3.63) is 22.7 Å². The van der Waals surface area contributed by atoms with E-state index in [1.165, 1.54) is 0 Å². The Morgan fingerprint density at radius 2 is 2.29 bits per heavy atom. The summed E-state index contributed by atoms with van der Waals surface area (Å²) in [5.74, 6) is 1.39. The Morgan fingerprint density at radius 3 is 3.06 bits per heavy atom. The van der Waals surface area contributed by atoms with E-state index >= 15 is 0 Å². The summed E-state index contributed by atoms with van der Waals surface area (Å²) in [7, 11) is 0. The van der Waals surface area contributed by atoms with Crippen molar-refractivity contribution in [3.8, 4) is 11.5 Å². The molecule has 0 spiro atoms. The first-order valence-corrected chi connectivity index (χ1v) is 6.64. The smallest absolute Gasteiger partial charge is 0.258 e. The van der Waals surface area contributed by atoms with Crippen molar-refractivity contribution in [2.45, 2.75) is 6.54 Å². The zero-order valence-electron chi connectivity index (χ0n) is 9.43. The van der Waals surface area contributed by atoms with E-state index in [9.17, 15) is 0 Å². The molecule has 3 rings (SSSR count). The second kappa shape index (κ2) is 4.95. The minimum absolute atomic E-state index is 0.622. The molecule has 0 bridgehead atoms. The zero-order chi connectivity index (χ0) is 11.5. The van der Waals surface area contributed by atoms with E-state index in [4.69, 9.17) is 4.52 Å². The van der Waals surface area contributed by atoms with Crippen LogP contribution in [0.15, 0.2) is 21.3 Å². The van der Waals surface area contributed by atoms with Crippen molar-refractivity contribution < 1.29 is 4.52 Å². The van der Waals surface area contributed by atoms with Crippen LogP contribution in [0.2, 0.25) is 0 Å². The molecule has 0 aliphatic carbocycles. The first-order chi connectivity index (χ1) is 8.42. The molecule has 5 nitrogen and oxygen atoms in total. The van der Waals surface area contributed by atoms with E-state index in [-0.39, 0.29) is 0 Å². The molecule has 0 aromatic carbocycles. The van der Waals surface area contributed by atoms with E-state index in [2.05, 4.69) is 20.4 Å². The summed E-state index contributed by atoms with van der Waals surface area (Å²) in [5, 5.41) is 11.4. The van der Waals surface area contributed by atoms with Crippen LogP contribution in [0.4, 0.5) is 0 Å². The standard InChI is InChI=1S/C11H14N4OS/c1-6-17-8-9(1)11-13-10(14-16-11)7-15-4-2-12-3-5-15/h1,6,8,12H,2-5,7H2. The van der Waals surface area contributed by atoms with Gasteiger partial charge in [-0.15, -0.1) is 0 Å². The molecule has 0 radical (unpaired) electrons. The number of nitrogens with one attached hydrogen (secondary N) is 1. The molecule has 6 heteroatoms. The molecule has 3 heterocycles. The van der Waals surface area contributed by atoms with Crippen LogP contribution in [0.1, 0.15) is 5.82 Å². The van der Waals surface area contributed by atoms with Crippen molar-refractivity contribution in [2.24, 2.45) is 0 Å². The van der Waals surface area contributed by atoms with Gasteiger partial charge in [0.15, 0.2) is 5.82 Å². The molecule has 1 N–H and O–H groups in total. The minimum Gasteiger partial charge on any atom is -0.334 e. The molecule has 1 aliphatic rings. The topological polar surface area (TPSA) is 54.2 Å². The number of piperazine rings is 1. The fourth-order valence-corrected chi connectivity index (χ4v) is 2.52. The Bertz CT molecular complexity index is 462. The van der Waals surface area contributed by atoms with Gasteiger partial charge in [0.05, 0.1) is 12.1 Å². The van der Waals surface area contributed by atoms with Gasteiger partial charge in [-0.25, -0.2) is 0 Å². The van der Waals surface area contributed by atoms with Crippen molar-refractivity contribution in [1.29, 1.82) is 0 Å². The highest BCUT2D eigenvalue weighted by Crippen LogP contribution is 2.20. The lowest BCUT2D eigenvalue weighted by molar-refractivity contribution is 0.225. The summed E-state index contributed by atoms with van der Waals surface area (Å²) in [6.07, 6.45) is 0. The van der Waals surface area contributed by atoms with E-state index in [1.54, 1.807) is 11.3 Å². The summed E-state index contributed by atoms with van der Waals surface area (Å²) in [5.41, 5.74) is 1.01. The van der Waals surface area contributed by atoms with Gasteiger partial charge in [0.25, 0.3) is 5.89 Å². The first kappa shape index (κ1) is 10.9. The molecule has 0 atom stereocenters. The molecule has 0 amide bonds. The van der Waals surface area contributed by atoms with E-state index in [0.717, 1.165) is 44.1 Å². The normalized spacial score (nSPS) is 17.4. The van der Waals surface area contributed by atoms with Gasteiger partial charge in [0, 0.05) is 31.6 Å². The number of hydrogen-bond donors (Lipinski definition) is 1. The molecule has 1 saturated heterocycles. The second-order valence-electron chi connectivity index (χ2n) is 4.05. The van der Waals surface area contributed by atoms with Gasteiger partial charge in [0.2, 0.25) is 0 Å². The maximum Gasteiger partial charge on any atom is 0.258 e. The van der Waals surface area contributed by atoms with Crippen LogP contribution in [0.3, 0.4) is 0 Å².